The fourth-order valence-corrected chi connectivity index (χ4v) is 3.05. The summed E-state index contributed by atoms with van der Waals surface area (Å²) in [5.41, 5.74) is 2.18. The number of ether oxygens (including phenoxy) is 1. The fourth-order valence-electron chi connectivity index (χ4n) is 2.26. The number of ketones is 1. The van der Waals surface area contributed by atoms with Crippen molar-refractivity contribution >= 4 is 28.4 Å². The van der Waals surface area contributed by atoms with E-state index in [9.17, 15) is 4.79 Å². The summed E-state index contributed by atoms with van der Waals surface area (Å²) in [5, 5.41) is 0. The number of Topliss-reactive ketones (excluding diaryl/α,β-unsaturated/α-hetero) is 1. The van der Waals surface area contributed by atoms with Crippen molar-refractivity contribution in [1.82, 2.24) is 0 Å². The minimum atomic E-state index is 0.324. The quantitative estimate of drug-likeness (QED) is 0.446. The van der Waals surface area contributed by atoms with Crippen LogP contribution in [0.3, 0.4) is 0 Å². The Bertz CT molecular complexity index is 451. The third-order valence-corrected chi connectivity index (χ3v) is 4.30. The molecule has 1 aromatic carbocycles. The molecule has 3 heteroatoms. The van der Waals surface area contributed by atoms with Crippen LogP contribution in [0, 0.1) is 0 Å². The molecule has 0 spiro atoms. The summed E-state index contributed by atoms with van der Waals surface area (Å²) in [5.74, 6) is 0.324. The first-order valence-electron chi connectivity index (χ1n) is 6.80. The van der Waals surface area contributed by atoms with Gasteiger partial charge in [-0.05, 0) is 47.4 Å². The highest BCUT2D eigenvalue weighted by molar-refractivity contribution is 14.1. The minimum absolute atomic E-state index is 0.324. The standard InChI is InChI=1S/C16H19IO2/c17-15(14-9-5-2-6-10-16(14)18)12-19-11-13-7-3-1-4-8-13/h1,3-4,7-8H,2,5-6,9-12H2/b15-14-. The van der Waals surface area contributed by atoms with Gasteiger partial charge in [0, 0.05) is 15.6 Å². The van der Waals surface area contributed by atoms with Crippen molar-refractivity contribution in [3.05, 3.63) is 45.0 Å². The number of hydrogen-bond acceptors (Lipinski definition) is 2. The highest BCUT2D eigenvalue weighted by atomic mass is 127. The largest absolute Gasteiger partial charge is 0.372 e. The zero-order valence-corrected chi connectivity index (χ0v) is 13.2. The number of halogens is 1. The van der Waals surface area contributed by atoms with Gasteiger partial charge in [0.1, 0.15) is 0 Å². The molecule has 2 rings (SSSR count). The molecule has 1 aliphatic rings. The van der Waals surface area contributed by atoms with Gasteiger partial charge in [-0.2, -0.15) is 0 Å². The molecule has 102 valence electrons. The lowest BCUT2D eigenvalue weighted by Crippen LogP contribution is -2.05. The van der Waals surface area contributed by atoms with Gasteiger partial charge < -0.3 is 4.74 Å². The van der Waals surface area contributed by atoms with Gasteiger partial charge in [0.15, 0.2) is 5.78 Å². The van der Waals surface area contributed by atoms with Crippen LogP contribution in [0.5, 0.6) is 0 Å². The van der Waals surface area contributed by atoms with Crippen molar-refractivity contribution in [1.29, 1.82) is 0 Å². The third-order valence-electron chi connectivity index (χ3n) is 3.33. The van der Waals surface area contributed by atoms with Gasteiger partial charge >= 0.3 is 0 Å². The monoisotopic (exact) mass is 370 g/mol. The molecule has 0 amide bonds. The van der Waals surface area contributed by atoms with E-state index in [1.54, 1.807) is 0 Å². The van der Waals surface area contributed by atoms with Gasteiger partial charge in [-0.15, -0.1) is 0 Å². The normalized spacial score (nSPS) is 19.1. The van der Waals surface area contributed by atoms with E-state index in [-0.39, 0.29) is 0 Å². The summed E-state index contributed by atoms with van der Waals surface area (Å²) in [6, 6.07) is 10.1. The lowest BCUT2D eigenvalue weighted by Gasteiger charge is -2.08. The van der Waals surface area contributed by atoms with Crippen molar-refractivity contribution in [3.63, 3.8) is 0 Å². The lowest BCUT2D eigenvalue weighted by molar-refractivity contribution is -0.115. The zero-order valence-electron chi connectivity index (χ0n) is 11.0. The van der Waals surface area contributed by atoms with Gasteiger partial charge in [0.2, 0.25) is 0 Å². The summed E-state index contributed by atoms with van der Waals surface area (Å²) in [4.78, 5) is 12.0. The van der Waals surface area contributed by atoms with E-state index in [2.05, 4.69) is 34.7 Å². The Kier molecular flexibility index (Phi) is 6.04. The predicted octanol–water partition coefficient (Wildman–Crippen LogP) is 4.43. The highest BCUT2D eigenvalue weighted by Crippen LogP contribution is 2.25. The molecule has 0 aliphatic heterocycles. The third kappa shape index (κ3) is 4.73. The van der Waals surface area contributed by atoms with E-state index in [0.717, 1.165) is 28.4 Å². The second-order valence-electron chi connectivity index (χ2n) is 4.85. The smallest absolute Gasteiger partial charge is 0.159 e. The van der Waals surface area contributed by atoms with Crippen LogP contribution in [-0.2, 0) is 16.1 Å². The van der Waals surface area contributed by atoms with Crippen LogP contribution < -0.4 is 0 Å². The second-order valence-corrected chi connectivity index (χ2v) is 6.15. The Morgan fingerprint density at radius 2 is 1.84 bits per heavy atom. The molecule has 1 fully saturated rings. The van der Waals surface area contributed by atoms with Gasteiger partial charge in [-0.1, -0.05) is 36.8 Å². The van der Waals surface area contributed by atoms with Gasteiger partial charge in [0.25, 0.3) is 0 Å². The maximum atomic E-state index is 12.0. The molecule has 0 atom stereocenters. The molecule has 0 radical (unpaired) electrons. The molecular formula is C16H19IO2. The Morgan fingerprint density at radius 3 is 2.63 bits per heavy atom. The van der Waals surface area contributed by atoms with Crippen molar-refractivity contribution in [3.8, 4) is 0 Å². The Balaban J connectivity index is 1.89. The van der Waals surface area contributed by atoms with E-state index >= 15 is 0 Å². The van der Waals surface area contributed by atoms with E-state index in [1.165, 1.54) is 12.0 Å². The SMILES string of the molecule is O=C1CCCCC/C1=C(/I)COCc1ccccc1. The van der Waals surface area contributed by atoms with E-state index < -0.39 is 0 Å². The number of carbonyl (C=O) groups is 1. The number of rotatable bonds is 4. The van der Waals surface area contributed by atoms with Crippen molar-refractivity contribution in [2.45, 2.75) is 38.7 Å². The van der Waals surface area contributed by atoms with Crippen LogP contribution in [0.25, 0.3) is 0 Å². The molecule has 0 saturated heterocycles. The molecular weight excluding hydrogens is 351 g/mol. The molecule has 0 N–H and O–H groups in total. The molecule has 1 aliphatic carbocycles. The number of benzene rings is 1. The molecule has 2 nitrogen and oxygen atoms in total. The molecule has 1 aromatic rings. The number of allylic oxidation sites excluding steroid dienone is 1. The number of carbonyl (C=O) groups excluding carboxylic acids is 1. The van der Waals surface area contributed by atoms with Crippen LogP contribution >= 0.6 is 22.6 Å². The van der Waals surface area contributed by atoms with E-state index in [4.69, 9.17) is 4.74 Å². The summed E-state index contributed by atoms with van der Waals surface area (Å²) in [6.07, 6.45) is 4.97. The molecule has 1 saturated carbocycles. The van der Waals surface area contributed by atoms with Crippen LogP contribution in [-0.4, -0.2) is 12.4 Å². The van der Waals surface area contributed by atoms with Crippen LogP contribution in [0.2, 0.25) is 0 Å². The van der Waals surface area contributed by atoms with Gasteiger partial charge in [-0.3, -0.25) is 4.79 Å². The average Bonchev–Trinajstić information content (AvgIpc) is 2.64. The topological polar surface area (TPSA) is 26.3 Å². The molecule has 0 aromatic heterocycles. The maximum absolute atomic E-state index is 12.0. The average molecular weight is 370 g/mol. The molecule has 0 unspecified atom stereocenters. The Morgan fingerprint density at radius 1 is 1.11 bits per heavy atom. The molecule has 0 heterocycles. The van der Waals surface area contributed by atoms with Crippen LogP contribution in [0.15, 0.2) is 39.5 Å². The Labute approximate surface area is 128 Å². The Hall–Kier alpha value is -0.680. The summed E-state index contributed by atoms with van der Waals surface area (Å²) >= 11 is 2.27. The van der Waals surface area contributed by atoms with E-state index in [1.807, 2.05) is 18.2 Å². The lowest BCUT2D eigenvalue weighted by atomic mass is 10.1. The minimum Gasteiger partial charge on any atom is -0.372 e. The second kappa shape index (κ2) is 7.80. The highest BCUT2D eigenvalue weighted by Gasteiger charge is 2.16. The van der Waals surface area contributed by atoms with Crippen LogP contribution in [0.1, 0.15) is 37.7 Å². The van der Waals surface area contributed by atoms with Crippen LogP contribution in [0.4, 0.5) is 0 Å². The van der Waals surface area contributed by atoms with Gasteiger partial charge in [-0.25, -0.2) is 0 Å². The fraction of sp³-hybridized carbons (Fsp3) is 0.438. The van der Waals surface area contributed by atoms with Crippen molar-refractivity contribution in [2.24, 2.45) is 0 Å². The van der Waals surface area contributed by atoms with Crippen molar-refractivity contribution in [2.75, 3.05) is 6.61 Å². The molecule has 0 bridgehead atoms. The van der Waals surface area contributed by atoms with E-state index in [0.29, 0.717) is 25.4 Å². The first-order chi connectivity index (χ1) is 9.27. The predicted molar refractivity (Wildman–Crippen MR) is 85.2 cm³/mol. The maximum Gasteiger partial charge on any atom is 0.159 e. The zero-order chi connectivity index (χ0) is 13.5. The molecule has 19 heavy (non-hydrogen) atoms. The summed E-state index contributed by atoms with van der Waals surface area (Å²) < 4.78 is 6.79. The first-order valence-corrected chi connectivity index (χ1v) is 7.87. The summed E-state index contributed by atoms with van der Waals surface area (Å²) in [6.45, 7) is 1.16. The summed E-state index contributed by atoms with van der Waals surface area (Å²) in [7, 11) is 0. The van der Waals surface area contributed by atoms with Crippen molar-refractivity contribution < 1.29 is 9.53 Å². The number of hydrogen-bond donors (Lipinski definition) is 0. The van der Waals surface area contributed by atoms with Gasteiger partial charge in [0.05, 0.1) is 13.2 Å². The first kappa shape index (κ1) is 14.7.